The highest BCUT2D eigenvalue weighted by atomic mass is 35.5. The summed E-state index contributed by atoms with van der Waals surface area (Å²) in [5.41, 5.74) is 7.92. The van der Waals surface area contributed by atoms with Gasteiger partial charge in [-0.15, -0.1) is 0 Å². The summed E-state index contributed by atoms with van der Waals surface area (Å²) in [7, 11) is 0. The molecule has 1 heterocycles. The molecule has 1 aliphatic heterocycles. The Morgan fingerprint density at radius 3 is 2.86 bits per heavy atom. The van der Waals surface area contributed by atoms with E-state index in [0.29, 0.717) is 23.6 Å². The van der Waals surface area contributed by atoms with Crippen LogP contribution in [0.15, 0.2) is 42.5 Å². The summed E-state index contributed by atoms with van der Waals surface area (Å²) < 4.78 is 19.6. The van der Waals surface area contributed by atoms with Crippen molar-refractivity contribution >= 4 is 11.6 Å². The van der Waals surface area contributed by atoms with Crippen molar-refractivity contribution in [3.8, 4) is 5.75 Å². The van der Waals surface area contributed by atoms with Crippen LogP contribution in [0.5, 0.6) is 5.75 Å². The van der Waals surface area contributed by atoms with Gasteiger partial charge in [-0.05, 0) is 36.6 Å². The summed E-state index contributed by atoms with van der Waals surface area (Å²) in [4.78, 5) is 0. The lowest BCUT2D eigenvalue weighted by atomic mass is 9.87. The van der Waals surface area contributed by atoms with Crippen LogP contribution in [0.3, 0.4) is 0 Å². The second-order valence-corrected chi connectivity index (χ2v) is 5.86. The topological polar surface area (TPSA) is 35.2 Å². The molecule has 0 amide bonds. The van der Waals surface area contributed by atoms with Crippen LogP contribution in [-0.4, -0.2) is 12.6 Å². The highest BCUT2D eigenvalue weighted by molar-refractivity contribution is 6.31. The van der Waals surface area contributed by atoms with Gasteiger partial charge in [0.25, 0.3) is 0 Å². The molecule has 1 aliphatic rings. The maximum atomic E-state index is 13.8. The summed E-state index contributed by atoms with van der Waals surface area (Å²) >= 11 is 6.07. The zero-order chi connectivity index (χ0) is 14.8. The van der Waals surface area contributed by atoms with Crippen LogP contribution >= 0.6 is 11.6 Å². The summed E-state index contributed by atoms with van der Waals surface area (Å²) in [6.45, 7) is 0.560. The highest BCUT2D eigenvalue weighted by Gasteiger charge is 2.26. The third-order valence-corrected chi connectivity index (χ3v) is 4.37. The van der Waals surface area contributed by atoms with Crippen LogP contribution < -0.4 is 10.5 Å². The fourth-order valence-electron chi connectivity index (χ4n) is 2.76. The lowest BCUT2D eigenvalue weighted by Gasteiger charge is -2.29. The van der Waals surface area contributed by atoms with Crippen molar-refractivity contribution < 1.29 is 9.13 Å². The van der Waals surface area contributed by atoms with Gasteiger partial charge in [0.15, 0.2) is 0 Å². The van der Waals surface area contributed by atoms with Crippen LogP contribution in [-0.2, 0) is 12.8 Å². The standard InChI is InChI=1S/C17H17ClFNO/c18-14-5-3-6-15(19)13(14)9-16(20)12-8-11-4-1-2-7-17(11)21-10-12/h1-7,12,16H,8-10,20H2. The minimum absolute atomic E-state index is 0.163. The van der Waals surface area contributed by atoms with Crippen LogP contribution in [0.2, 0.25) is 5.02 Å². The van der Waals surface area contributed by atoms with E-state index in [2.05, 4.69) is 0 Å². The fourth-order valence-corrected chi connectivity index (χ4v) is 3.00. The number of halogens is 2. The fraction of sp³-hybridized carbons (Fsp3) is 0.294. The van der Waals surface area contributed by atoms with Crippen molar-refractivity contribution in [2.24, 2.45) is 11.7 Å². The average molecular weight is 306 g/mol. The largest absolute Gasteiger partial charge is 0.493 e. The Morgan fingerprint density at radius 1 is 1.24 bits per heavy atom. The Kier molecular flexibility index (Phi) is 4.13. The smallest absolute Gasteiger partial charge is 0.127 e. The van der Waals surface area contributed by atoms with E-state index < -0.39 is 0 Å². The van der Waals surface area contributed by atoms with Crippen LogP contribution in [0.1, 0.15) is 11.1 Å². The molecule has 0 fully saturated rings. The van der Waals surface area contributed by atoms with Gasteiger partial charge in [-0.1, -0.05) is 35.9 Å². The molecule has 0 radical (unpaired) electrons. The maximum absolute atomic E-state index is 13.8. The summed E-state index contributed by atoms with van der Waals surface area (Å²) in [5.74, 6) is 0.788. The van der Waals surface area contributed by atoms with E-state index >= 15 is 0 Å². The van der Waals surface area contributed by atoms with Gasteiger partial charge in [0.2, 0.25) is 0 Å². The molecule has 2 aromatic carbocycles. The monoisotopic (exact) mass is 305 g/mol. The third kappa shape index (κ3) is 3.04. The highest BCUT2D eigenvalue weighted by Crippen LogP contribution is 2.29. The van der Waals surface area contributed by atoms with Gasteiger partial charge in [0.05, 0.1) is 6.61 Å². The van der Waals surface area contributed by atoms with Crippen LogP contribution in [0, 0.1) is 11.7 Å². The van der Waals surface area contributed by atoms with E-state index in [0.717, 1.165) is 17.7 Å². The first kappa shape index (κ1) is 14.4. The first-order chi connectivity index (χ1) is 10.1. The number of nitrogens with two attached hydrogens (primary N) is 1. The van der Waals surface area contributed by atoms with E-state index in [4.69, 9.17) is 22.1 Å². The molecule has 0 aromatic heterocycles. The van der Waals surface area contributed by atoms with E-state index in [1.807, 2.05) is 24.3 Å². The van der Waals surface area contributed by atoms with E-state index in [9.17, 15) is 4.39 Å². The van der Waals surface area contributed by atoms with Crippen molar-refractivity contribution in [2.75, 3.05) is 6.61 Å². The molecule has 2 atom stereocenters. The van der Waals surface area contributed by atoms with Crippen molar-refractivity contribution in [2.45, 2.75) is 18.9 Å². The average Bonchev–Trinajstić information content (AvgIpc) is 2.50. The first-order valence-electron chi connectivity index (χ1n) is 7.04. The van der Waals surface area contributed by atoms with E-state index in [1.54, 1.807) is 12.1 Å². The number of rotatable bonds is 3. The second-order valence-electron chi connectivity index (χ2n) is 5.45. The molecule has 2 aromatic rings. The SMILES string of the molecule is NC(Cc1c(F)cccc1Cl)C1COc2ccccc2C1. The molecule has 4 heteroatoms. The van der Waals surface area contributed by atoms with Crippen LogP contribution in [0.25, 0.3) is 0 Å². The minimum atomic E-state index is -0.296. The number of hydrogen-bond acceptors (Lipinski definition) is 2. The van der Waals surface area contributed by atoms with Crippen molar-refractivity contribution in [3.05, 3.63) is 64.4 Å². The zero-order valence-electron chi connectivity index (χ0n) is 11.6. The molecule has 21 heavy (non-hydrogen) atoms. The Bertz CT molecular complexity index is 626. The molecular formula is C17H17ClFNO. The third-order valence-electron chi connectivity index (χ3n) is 4.01. The number of fused-ring (bicyclic) bond motifs is 1. The first-order valence-corrected chi connectivity index (χ1v) is 7.42. The molecule has 2 N–H and O–H groups in total. The van der Waals surface area contributed by atoms with Crippen molar-refractivity contribution in [1.82, 2.24) is 0 Å². The van der Waals surface area contributed by atoms with Gasteiger partial charge in [-0.3, -0.25) is 0 Å². The summed E-state index contributed by atoms with van der Waals surface area (Å²) in [6.07, 6.45) is 1.27. The number of para-hydroxylation sites is 1. The zero-order valence-corrected chi connectivity index (χ0v) is 12.3. The van der Waals surface area contributed by atoms with Gasteiger partial charge in [-0.25, -0.2) is 4.39 Å². The maximum Gasteiger partial charge on any atom is 0.127 e. The Morgan fingerprint density at radius 2 is 2.05 bits per heavy atom. The van der Waals surface area contributed by atoms with Gasteiger partial charge >= 0.3 is 0 Å². The Labute approximate surface area is 128 Å². The summed E-state index contributed by atoms with van der Waals surface area (Å²) in [5, 5.41) is 0.433. The molecule has 110 valence electrons. The number of hydrogen-bond donors (Lipinski definition) is 1. The van der Waals surface area contributed by atoms with Gasteiger partial charge in [0.1, 0.15) is 11.6 Å². The molecule has 0 spiro atoms. The molecule has 0 saturated heterocycles. The predicted molar refractivity (Wildman–Crippen MR) is 82.2 cm³/mol. The molecule has 0 bridgehead atoms. The minimum Gasteiger partial charge on any atom is -0.493 e. The van der Waals surface area contributed by atoms with E-state index in [-0.39, 0.29) is 17.8 Å². The Balaban J connectivity index is 1.74. The molecule has 2 nitrogen and oxygen atoms in total. The molecule has 0 aliphatic carbocycles. The van der Waals surface area contributed by atoms with Gasteiger partial charge in [0, 0.05) is 22.5 Å². The summed E-state index contributed by atoms with van der Waals surface area (Å²) in [6, 6.07) is 12.5. The second kappa shape index (κ2) is 6.04. The molecule has 0 saturated carbocycles. The van der Waals surface area contributed by atoms with E-state index in [1.165, 1.54) is 6.07 Å². The molecular weight excluding hydrogens is 289 g/mol. The normalized spacial score (nSPS) is 18.7. The number of ether oxygens (including phenoxy) is 1. The number of benzene rings is 2. The molecule has 2 unspecified atom stereocenters. The van der Waals surface area contributed by atoms with Gasteiger partial charge < -0.3 is 10.5 Å². The van der Waals surface area contributed by atoms with Crippen molar-refractivity contribution in [1.29, 1.82) is 0 Å². The Hall–Kier alpha value is -1.58. The predicted octanol–water partition coefficient (Wildman–Crippen LogP) is 3.60. The van der Waals surface area contributed by atoms with Crippen LogP contribution in [0.4, 0.5) is 4.39 Å². The molecule has 3 rings (SSSR count). The lowest BCUT2D eigenvalue weighted by molar-refractivity contribution is 0.198. The van der Waals surface area contributed by atoms with Crippen molar-refractivity contribution in [3.63, 3.8) is 0 Å². The quantitative estimate of drug-likeness (QED) is 0.940. The van der Waals surface area contributed by atoms with Gasteiger partial charge in [-0.2, -0.15) is 0 Å². The lowest BCUT2D eigenvalue weighted by Crippen LogP contribution is -2.39.